The van der Waals surface area contributed by atoms with Gasteiger partial charge < -0.3 is 0 Å². The summed E-state index contributed by atoms with van der Waals surface area (Å²) in [7, 11) is 0. The summed E-state index contributed by atoms with van der Waals surface area (Å²) >= 11 is 0. The third-order valence-corrected chi connectivity index (χ3v) is 4.09. The molecule has 3 rings (SSSR count). The monoisotopic (exact) mass is 186 g/mol. The fourth-order valence-corrected chi connectivity index (χ4v) is 2.52. The Balaban J connectivity index is 1.75. The Bertz CT molecular complexity index is 268. The maximum absolute atomic E-state index is 2.37. The van der Waals surface area contributed by atoms with Crippen molar-refractivity contribution < 1.29 is 0 Å². The van der Waals surface area contributed by atoms with Crippen molar-refractivity contribution >= 4 is 0 Å². The first-order chi connectivity index (χ1) is 6.93. The quantitative estimate of drug-likeness (QED) is 0.648. The molecule has 0 bridgehead atoms. The molecule has 0 radical (unpaired) electrons. The summed E-state index contributed by atoms with van der Waals surface area (Å²) in [6.07, 6.45) is 8.56. The summed E-state index contributed by atoms with van der Waals surface area (Å²) < 4.78 is 0. The van der Waals surface area contributed by atoms with Crippen LogP contribution in [0.4, 0.5) is 0 Å². The topological polar surface area (TPSA) is 0 Å². The smallest absolute Gasteiger partial charge is 0.0162 e. The highest BCUT2D eigenvalue weighted by atomic mass is 14.3. The minimum atomic E-state index is 0.894. The first kappa shape index (κ1) is 8.52. The second-order valence-electron chi connectivity index (χ2n) is 4.92. The number of benzene rings is 1. The third kappa shape index (κ3) is 1.37. The first-order valence-corrected chi connectivity index (χ1v) is 6.03. The fraction of sp³-hybridized carbons (Fsp3) is 0.571. The molecule has 0 amide bonds. The molecule has 2 aliphatic rings. The van der Waals surface area contributed by atoms with Crippen LogP contribution in [0.2, 0.25) is 0 Å². The zero-order valence-electron chi connectivity index (χ0n) is 8.71. The van der Waals surface area contributed by atoms with Gasteiger partial charge in [-0.2, -0.15) is 0 Å². The molecule has 14 heavy (non-hydrogen) atoms. The van der Waals surface area contributed by atoms with Crippen molar-refractivity contribution in [3.63, 3.8) is 0 Å². The molecule has 1 aromatic rings. The third-order valence-electron chi connectivity index (χ3n) is 4.09. The molecule has 0 heteroatoms. The van der Waals surface area contributed by atoms with E-state index in [2.05, 4.69) is 24.3 Å². The molecule has 0 unspecified atom stereocenters. The van der Waals surface area contributed by atoms with Crippen LogP contribution in [0.3, 0.4) is 0 Å². The van der Waals surface area contributed by atoms with Gasteiger partial charge in [0, 0.05) is 0 Å². The highest BCUT2D eigenvalue weighted by Gasteiger charge is 2.21. The summed E-state index contributed by atoms with van der Waals surface area (Å²) in [6.45, 7) is 0. The Morgan fingerprint density at radius 2 is 1.00 bits per heavy atom. The maximum atomic E-state index is 2.37. The van der Waals surface area contributed by atoms with Crippen molar-refractivity contribution in [2.24, 2.45) is 0 Å². The summed E-state index contributed by atoms with van der Waals surface area (Å²) in [4.78, 5) is 0. The van der Waals surface area contributed by atoms with Gasteiger partial charge in [-0.1, -0.05) is 37.1 Å². The van der Waals surface area contributed by atoms with E-state index < -0.39 is 0 Å². The Hall–Kier alpha value is -0.780. The van der Waals surface area contributed by atoms with Crippen molar-refractivity contribution in [1.82, 2.24) is 0 Å². The van der Waals surface area contributed by atoms with Crippen LogP contribution in [0.1, 0.15) is 61.5 Å². The molecule has 0 spiro atoms. The van der Waals surface area contributed by atoms with Crippen LogP contribution >= 0.6 is 0 Å². The highest BCUT2D eigenvalue weighted by Crippen LogP contribution is 2.39. The van der Waals surface area contributed by atoms with E-state index in [1.165, 1.54) is 38.5 Å². The van der Waals surface area contributed by atoms with Gasteiger partial charge in [-0.3, -0.25) is 0 Å². The van der Waals surface area contributed by atoms with E-state index in [1.807, 2.05) is 0 Å². The van der Waals surface area contributed by atoms with Crippen LogP contribution in [0.15, 0.2) is 24.3 Å². The molecule has 0 heterocycles. The van der Waals surface area contributed by atoms with Gasteiger partial charge in [0.15, 0.2) is 0 Å². The maximum Gasteiger partial charge on any atom is -0.0162 e. The van der Waals surface area contributed by atoms with Crippen LogP contribution < -0.4 is 0 Å². The molecule has 74 valence electrons. The van der Waals surface area contributed by atoms with Gasteiger partial charge in [0.2, 0.25) is 0 Å². The van der Waals surface area contributed by atoms with Crippen LogP contribution in [-0.4, -0.2) is 0 Å². The molecule has 2 aliphatic carbocycles. The van der Waals surface area contributed by atoms with E-state index in [4.69, 9.17) is 0 Å². The van der Waals surface area contributed by atoms with E-state index in [9.17, 15) is 0 Å². The molecule has 0 aliphatic heterocycles. The fourth-order valence-electron chi connectivity index (χ4n) is 2.52. The van der Waals surface area contributed by atoms with E-state index in [0.717, 1.165) is 11.8 Å². The number of hydrogen-bond donors (Lipinski definition) is 0. The van der Waals surface area contributed by atoms with Gasteiger partial charge in [-0.15, -0.1) is 0 Å². The molecule has 0 aromatic heterocycles. The molecule has 2 saturated carbocycles. The molecule has 0 atom stereocenters. The lowest BCUT2D eigenvalue weighted by molar-refractivity contribution is 0.414. The summed E-state index contributed by atoms with van der Waals surface area (Å²) in [5.74, 6) is 1.79. The van der Waals surface area contributed by atoms with Gasteiger partial charge in [0.05, 0.1) is 0 Å². The molecule has 2 fully saturated rings. The lowest BCUT2D eigenvalue weighted by Gasteiger charge is -2.28. The molecular formula is C14H18. The zero-order chi connectivity index (χ0) is 9.38. The largest absolute Gasteiger partial charge is 0.0585 e. The number of rotatable bonds is 2. The van der Waals surface area contributed by atoms with Gasteiger partial charge in [-0.25, -0.2) is 0 Å². The van der Waals surface area contributed by atoms with Crippen molar-refractivity contribution in [3.8, 4) is 0 Å². The average molecular weight is 186 g/mol. The van der Waals surface area contributed by atoms with Gasteiger partial charge in [0.1, 0.15) is 0 Å². The SMILES string of the molecule is c1cc(C2CCC2)ccc1C1CCC1. The van der Waals surface area contributed by atoms with Crippen LogP contribution in [-0.2, 0) is 0 Å². The van der Waals surface area contributed by atoms with E-state index in [-0.39, 0.29) is 0 Å². The minimum absolute atomic E-state index is 0.894. The van der Waals surface area contributed by atoms with Crippen molar-refractivity contribution in [2.75, 3.05) is 0 Å². The van der Waals surface area contributed by atoms with E-state index in [1.54, 1.807) is 11.1 Å². The first-order valence-electron chi connectivity index (χ1n) is 6.03. The van der Waals surface area contributed by atoms with Crippen LogP contribution in [0.25, 0.3) is 0 Å². The van der Waals surface area contributed by atoms with Crippen LogP contribution in [0, 0.1) is 0 Å². The Morgan fingerprint density at radius 1 is 0.643 bits per heavy atom. The average Bonchev–Trinajstić information content (AvgIpc) is 2.02. The normalized spacial score (nSPS) is 22.9. The summed E-state index contributed by atoms with van der Waals surface area (Å²) in [5, 5.41) is 0. The zero-order valence-corrected chi connectivity index (χ0v) is 8.71. The second-order valence-corrected chi connectivity index (χ2v) is 4.92. The predicted molar refractivity (Wildman–Crippen MR) is 59.6 cm³/mol. The van der Waals surface area contributed by atoms with Crippen LogP contribution in [0.5, 0.6) is 0 Å². The Kier molecular flexibility index (Phi) is 2.08. The standard InChI is InChI=1S/C14H18/c1-3-11(4-1)13-7-9-14(10-8-13)12-5-2-6-12/h7-12H,1-6H2. The molecule has 0 nitrogen and oxygen atoms in total. The molecular weight excluding hydrogens is 168 g/mol. The molecule has 1 aromatic carbocycles. The van der Waals surface area contributed by atoms with Crippen molar-refractivity contribution in [3.05, 3.63) is 35.4 Å². The highest BCUT2D eigenvalue weighted by molar-refractivity contribution is 5.29. The Morgan fingerprint density at radius 3 is 1.21 bits per heavy atom. The summed E-state index contributed by atoms with van der Waals surface area (Å²) in [6, 6.07) is 9.49. The van der Waals surface area contributed by atoms with Gasteiger partial charge >= 0.3 is 0 Å². The summed E-state index contributed by atoms with van der Waals surface area (Å²) in [5.41, 5.74) is 3.17. The lowest BCUT2D eigenvalue weighted by atomic mass is 9.77. The van der Waals surface area contributed by atoms with Crippen molar-refractivity contribution in [2.45, 2.75) is 50.4 Å². The van der Waals surface area contributed by atoms with Gasteiger partial charge in [0.25, 0.3) is 0 Å². The predicted octanol–water partition coefficient (Wildman–Crippen LogP) is 4.22. The molecule has 0 saturated heterocycles. The number of hydrogen-bond acceptors (Lipinski definition) is 0. The lowest BCUT2D eigenvalue weighted by Crippen LogP contribution is -2.10. The van der Waals surface area contributed by atoms with E-state index in [0.29, 0.717) is 0 Å². The Labute approximate surface area is 86.3 Å². The van der Waals surface area contributed by atoms with E-state index >= 15 is 0 Å². The minimum Gasteiger partial charge on any atom is -0.0585 e. The molecule has 0 N–H and O–H groups in total. The second kappa shape index (κ2) is 3.42. The van der Waals surface area contributed by atoms with Gasteiger partial charge in [-0.05, 0) is 48.6 Å². The van der Waals surface area contributed by atoms with Crippen molar-refractivity contribution in [1.29, 1.82) is 0 Å².